The van der Waals surface area contributed by atoms with Gasteiger partial charge in [-0.05, 0) is 55.3 Å². The lowest BCUT2D eigenvalue weighted by atomic mass is 9.80. The van der Waals surface area contributed by atoms with Crippen molar-refractivity contribution in [2.24, 2.45) is 11.8 Å². The number of quaternary nitrogens is 1. The molecule has 4 atom stereocenters. The van der Waals surface area contributed by atoms with E-state index in [9.17, 15) is 14.4 Å². The number of ether oxygens (including phenoxy) is 3. The molecule has 1 saturated heterocycles. The number of nitrogens with zero attached hydrogens (tertiary/aromatic N) is 1. The third kappa shape index (κ3) is 11.9. The van der Waals surface area contributed by atoms with Gasteiger partial charge < -0.3 is 18.7 Å². The van der Waals surface area contributed by atoms with Crippen LogP contribution in [0.4, 0.5) is 0 Å². The second-order valence-corrected chi connectivity index (χ2v) is 12.2. The van der Waals surface area contributed by atoms with Gasteiger partial charge in [-0.25, -0.2) is 4.79 Å². The van der Waals surface area contributed by atoms with Crippen molar-refractivity contribution in [3.63, 3.8) is 0 Å². The van der Waals surface area contributed by atoms with E-state index >= 15 is 0 Å². The van der Waals surface area contributed by atoms with Gasteiger partial charge in [-0.1, -0.05) is 74.5 Å². The molecular weight excluding hydrogens is 578 g/mol. The predicted octanol–water partition coefficient (Wildman–Crippen LogP) is 7.37. The standard InChI is InChI=1S/C28H38NO4.C11H12O2/c1-5-32-27(30)19-26(23-9-7-6-8-10-23)22(3)28(31)24-11-13-25(14-12-24)33-18-17-29(4)16-15-21(2)20-29;1-2-13-11(12)9-8-10-6-4-3-5-7-10/h6-14,21-22,26H,5,15-20H2,1-4H3;3-9H,2H2,1H3/q+1;/b;9-8+. The molecule has 0 spiro atoms. The first-order valence-corrected chi connectivity index (χ1v) is 16.3. The number of likely N-dealkylation sites (tertiary alicyclic amines) is 1. The minimum atomic E-state index is -0.356. The van der Waals surface area contributed by atoms with Gasteiger partial charge in [0.15, 0.2) is 5.78 Å². The molecule has 3 aromatic carbocycles. The average molecular weight is 629 g/mol. The van der Waals surface area contributed by atoms with Crippen LogP contribution in [-0.4, -0.2) is 68.7 Å². The van der Waals surface area contributed by atoms with Crippen LogP contribution in [0.25, 0.3) is 6.08 Å². The van der Waals surface area contributed by atoms with E-state index in [0.29, 0.717) is 25.4 Å². The van der Waals surface area contributed by atoms with Crippen LogP contribution in [0.1, 0.15) is 67.9 Å². The Kier molecular flexibility index (Phi) is 14.7. The molecule has 7 nitrogen and oxygen atoms in total. The molecule has 46 heavy (non-hydrogen) atoms. The first kappa shape index (κ1) is 36.2. The van der Waals surface area contributed by atoms with Crippen molar-refractivity contribution in [3.05, 3.63) is 108 Å². The van der Waals surface area contributed by atoms with E-state index in [-0.39, 0.29) is 36.0 Å². The molecule has 4 rings (SSSR count). The summed E-state index contributed by atoms with van der Waals surface area (Å²) in [5, 5.41) is 0. The van der Waals surface area contributed by atoms with E-state index in [4.69, 9.17) is 14.2 Å². The summed E-state index contributed by atoms with van der Waals surface area (Å²) in [7, 11) is 2.30. The molecule has 1 fully saturated rings. The molecule has 1 aliphatic heterocycles. The summed E-state index contributed by atoms with van der Waals surface area (Å²) in [5.74, 6) is 0.412. The van der Waals surface area contributed by atoms with Gasteiger partial charge in [0.05, 0.1) is 39.8 Å². The molecule has 1 aliphatic rings. The number of carbonyl (C=O) groups is 3. The van der Waals surface area contributed by atoms with Crippen molar-refractivity contribution >= 4 is 23.8 Å². The molecule has 0 N–H and O–H groups in total. The monoisotopic (exact) mass is 628 g/mol. The Bertz CT molecular complexity index is 1390. The first-order chi connectivity index (χ1) is 22.1. The lowest BCUT2D eigenvalue weighted by Crippen LogP contribution is -2.44. The lowest BCUT2D eigenvalue weighted by Gasteiger charge is -2.29. The molecule has 0 saturated carbocycles. The molecule has 0 aliphatic carbocycles. The minimum absolute atomic E-state index is 0.0174. The highest BCUT2D eigenvalue weighted by Gasteiger charge is 2.32. The van der Waals surface area contributed by atoms with Crippen LogP contribution < -0.4 is 4.74 Å². The zero-order chi connectivity index (χ0) is 33.4. The van der Waals surface area contributed by atoms with Crippen molar-refractivity contribution in [1.29, 1.82) is 0 Å². The first-order valence-electron chi connectivity index (χ1n) is 16.3. The van der Waals surface area contributed by atoms with E-state index in [1.165, 1.54) is 25.6 Å². The van der Waals surface area contributed by atoms with Crippen LogP contribution in [0, 0.1) is 11.8 Å². The highest BCUT2D eigenvalue weighted by Crippen LogP contribution is 2.31. The summed E-state index contributed by atoms with van der Waals surface area (Å²) in [4.78, 5) is 36.4. The lowest BCUT2D eigenvalue weighted by molar-refractivity contribution is -0.899. The maximum absolute atomic E-state index is 13.3. The predicted molar refractivity (Wildman–Crippen MR) is 183 cm³/mol. The van der Waals surface area contributed by atoms with Gasteiger partial charge in [-0.3, -0.25) is 9.59 Å². The molecule has 3 aromatic rings. The zero-order valence-corrected chi connectivity index (χ0v) is 28.0. The van der Waals surface area contributed by atoms with Crippen LogP contribution in [0.3, 0.4) is 0 Å². The fourth-order valence-corrected chi connectivity index (χ4v) is 5.82. The summed E-state index contributed by atoms with van der Waals surface area (Å²) in [6, 6.07) is 26.8. The molecule has 0 bridgehead atoms. The van der Waals surface area contributed by atoms with Crippen molar-refractivity contribution in [1.82, 2.24) is 0 Å². The molecular formula is C39H50NO6+. The van der Waals surface area contributed by atoms with Crippen molar-refractivity contribution in [2.75, 3.05) is 46.5 Å². The quantitative estimate of drug-likeness (QED) is 0.0803. The molecule has 0 aromatic heterocycles. The number of hydrogen-bond acceptors (Lipinski definition) is 6. The van der Waals surface area contributed by atoms with Gasteiger partial charge in [0.1, 0.15) is 18.9 Å². The Labute approximate surface area is 274 Å². The number of carbonyl (C=O) groups excluding carboxylic acids is 3. The normalized spacial score (nSPS) is 18.6. The number of Topliss-reactive ketones (excluding diaryl/α,β-unsaturated/α-hetero) is 1. The molecule has 0 radical (unpaired) electrons. The number of rotatable bonds is 14. The Balaban J connectivity index is 0.000000370. The van der Waals surface area contributed by atoms with Crippen LogP contribution in [0.2, 0.25) is 0 Å². The second kappa shape index (κ2) is 18.7. The zero-order valence-electron chi connectivity index (χ0n) is 28.0. The fraction of sp³-hybridized carbons (Fsp3) is 0.410. The third-order valence-corrected chi connectivity index (χ3v) is 8.39. The highest BCUT2D eigenvalue weighted by atomic mass is 16.5. The van der Waals surface area contributed by atoms with Gasteiger partial charge in [0.2, 0.25) is 0 Å². The van der Waals surface area contributed by atoms with E-state index < -0.39 is 0 Å². The summed E-state index contributed by atoms with van der Waals surface area (Å²) in [6.45, 7) is 12.6. The average Bonchev–Trinajstić information content (AvgIpc) is 3.41. The number of hydrogen-bond donors (Lipinski definition) is 0. The maximum atomic E-state index is 13.3. The summed E-state index contributed by atoms with van der Waals surface area (Å²) < 4.78 is 16.9. The number of likely N-dealkylation sites (N-methyl/N-ethyl adjacent to an activating group) is 1. The van der Waals surface area contributed by atoms with Gasteiger partial charge in [0.25, 0.3) is 0 Å². The summed E-state index contributed by atoms with van der Waals surface area (Å²) in [6.07, 6.45) is 4.63. The Morgan fingerprint density at radius 2 is 1.52 bits per heavy atom. The van der Waals surface area contributed by atoms with E-state index in [1.54, 1.807) is 19.9 Å². The van der Waals surface area contributed by atoms with Crippen LogP contribution >= 0.6 is 0 Å². The number of esters is 2. The van der Waals surface area contributed by atoms with Crippen molar-refractivity contribution in [2.45, 2.75) is 46.5 Å². The molecule has 1 heterocycles. The van der Waals surface area contributed by atoms with Crippen LogP contribution in [0.5, 0.6) is 5.75 Å². The Morgan fingerprint density at radius 1 is 0.891 bits per heavy atom. The van der Waals surface area contributed by atoms with E-state index in [1.807, 2.05) is 91.9 Å². The molecule has 7 heteroatoms. The second-order valence-electron chi connectivity index (χ2n) is 12.2. The highest BCUT2D eigenvalue weighted by molar-refractivity contribution is 5.98. The molecule has 246 valence electrons. The number of benzene rings is 3. The summed E-state index contributed by atoms with van der Waals surface area (Å²) >= 11 is 0. The smallest absolute Gasteiger partial charge is 0.330 e. The molecule has 4 unspecified atom stereocenters. The SMILES string of the molecule is CCOC(=O)/C=C/c1ccccc1.CCOC(=O)CC(c1ccccc1)C(C)C(=O)c1ccc(OCC[N+]2(C)CCC(C)C2)cc1. The summed E-state index contributed by atoms with van der Waals surface area (Å²) in [5.41, 5.74) is 2.60. The minimum Gasteiger partial charge on any atom is -0.488 e. The van der Waals surface area contributed by atoms with E-state index in [2.05, 4.69) is 14.0 Å². The Morgan fingerprint density at radius 3 is 2.11 bits per heavy atom. The maximum Gasteiger partial charge on any atom is 0.330 e. The Hall–Kier alpha value is -4.23. The van der Waals surface area contributed by atoms with Crippen LogP contribution in [0.15, 0.2) is 91.0 Å². The van der Waals surface area contributed by atoms with Gasteiger partial charge in [-0.2, -0.15) is 0 Å². The molecule has 0 amide bonds. The van der Waals surface area contributed by atoms with Crippen molar-refractivity contribution in [3.8, 4) is 5.75 Å². The third-order valence-electron chi connectivity index (χ3n) is 8.39. The van der Waals surface area contributed by atoms with Gasteiger partial charge >= 0.3 is 11.9 Å². The fourth-order valence-electron chi connectivity index (χ4n) is 5.82. The topological polar surface area (TPSA) is 78.9 Å². The van der Waals surface area contributed by atoms with Gasteiger partial charge in [0, 0.05) is 35.8 Å². The van der Waals surface area contributed by atoms with Gasteiger partial charge in [-0.15, -0.1) is 0 Å². The van der Waals surface area contributed by atoms with Crippen LogP contribution in [-0.2, 0) is 19.1 Å². The van der Waals surface area contributed by atoms with E-state index in [0.717, 1.165) is 33.8 Å². The van der Waals surface area contributed by atoms with Crippen molar-refractivity contribution < 1.29 is 33.1 Å². The number of ketones is 1. The largest absolute Gasteiger partial charge is 0.488 e.